The van der Waals surface area contributed by atoms with Gasteiger partial charge in [0, 0.05) is 19.0 Å². The van der Waals surface area contributed by atoms with Crippen LogP contribution >= 0.6 is 0 Å². The van der Waals surface area contributed by atoms with Crippen LogP contribution in [-0.2, 0) is 11.2 Å². The predicted octanol–water partition coefficient (Wildman–Crippen LogP) is 2.77. The number of ether oxygens (including phenoxy) is 1. The second-order valence-electron chi connectivity index (χ2n) is 5.82. The van der Waals surface area contributed by atoms with Gasteiger partial charge in [-0.05, 0) is 30.7 Å². The number of amides is 1. The largest absolute Gasteiger partial charge is 0.483 e. The van der Waals surface area contributed by atoms with Crippen molar-refractivity contribution in [1.82, 2.24) is 10.6 Å². The van der Waals surface area contributed by atoms with Crippen LogP contribution in [0.4, 0.5) is 0 Å². The normalized spacial score (nSPS) is 11.8. The lowest BCUT2D eigenvalue weighted by molar-refractivity contribution is -0.123. The van der Waals surface area contributed by atoms with E-state index in [1.54, 1.807) is 0 Å². The molecule has 0 aromatic heterocycles. The van der Waals surface area contributed by atoms with Crippen LogP contribution in [0, 0.1) is 0 Å². The molecule has 4 heteroatoms. The Morgan fingerprint density at radius 2 is 1.79 bits per heavy atom. The highest BCUT2D eigenvalue weighted by Crippen LogP contribution is 2.21. The minimum atomic E-state index is -0.103. The molecule has 0 saturated heterocycles. The molecule has 1 amide bonds. The molecule has 24 heavy (non-hydrogen) atoms. The topological polar surface area (TPSA) is 50.4 Å². The quantitative estimate of drug-likeness (QED) is 0.745. The SMILES string of the molecule is CCN[C@H](C)CNC(=O)COc1ccccc1Cc1ccccc1. The van der Waals surface area contributed by atoms with Crippen molar-refractivity contribution in [2.75, 3.05) is 19.7 Å². The first-order valence-electron chi connectivity index (χ1n) is 8.43. The summed E-state index contributed by atoms with van der Waals surface area (Å²) in [6.45, 7) is 5.61. The summed E-state index contributed by atoms with van der Waals surface area (Å²) in [4.78, 5) is 11.9. The monoisotopic (exact) mass is 326 g/mol. The Hall–Kier alpha value is -2.33. The van der Waals surface area contributed by atoms with Gasteiger partial charge in [0.2, 0.25) is 0 Å². The second-order valence-corrected chi connectivity index (χ2v) is 5.82. The molecule has 0 aliphatic carbocycles. The second kappa shape index (κ2) is 9.73. The minimum Gasteiger partial charge on any atom is -0.483 e. The van der Waals surface area contributed by atoms with Crippen molar-refractivity contribution in [3.8, 4) is 5.75 Å². The van der Waals surface area contributed by atoms with Gasteiger partial charge >= 0.3 is 0 Å². The van der Waals surface area contributed by atoms with E-state index in [-0.39, 0.29) is 18.6 Å². The number of carbonyl (C=O) groups excluding carboxylic acids is 1. The summed E-state index contributed by atoms with van der Waals surface area (Å²) in [6.07, 6.45) is 0.788. The Bertz CT molecular complexity index is 629. The van der Waals surface area contributed by atoms with Crippen LogP contribution in [-0.4, -0.2) is 31.6 Å². The molecule has 1 atom stereocenters. The molecule has 128 valence electrons. The fraction of sp³-hybridized carbons (Fsp3) is 0.350. The van der Waals surface area contributed by atoms with Gasteiger partial charge in [-0.1, -0.05) is 55.5 Å². The molecule has 0 radical (unpaired) electrons. The summed E-state index contributed by atoms with van der Waals surface area (Å²) in [6, 6.07) is 18.3. The summed E-state index contributed by atoms with van der Waals surface area (Å²) in [5.41, 5.74) is 2.30. The molecule has 0 bridgehead atoms. The van der Waals surface area contributed by atoms with Gasteiger partial charge in [-0.2, -0.15) is 0 Å². The van der Waals surface area contributed by atoms with Crippen molar-refractivity contribution in [3.05, 3.63) is 65.7 Å². The van der Waals surface area contributed by atoms with Gasteiger partial charge in [0.1, 0.15) is 5.75 Å². The number of likely N-dealkylation sites (N-methyl/N-ethyl adjacent to an activating group) is 1. The molecular weight excluding hydrogens is 300 g/mol. The highest BCUT2D eigenvalue weighted by atomic mass is 16.5. The summed E-state index contributed by atoms with van der Waals surface area (Å²) in [5, 5.41) is 6.14. The first-order valence-corrected chi connectivity index (χ1v) is 8.43. The maximum atomic E-state index is 11.9. The molecule has 0 heterocycles. The molecule has 2 aromatic rings. The number of benzene rings is 2. The van der Waals surface area contributed by atoms with E-state index in [1.807, 2.05) is 56.3 Å². The number of hydrogen-bond acceptors (Lipinski definition) is 3. The highest BCUT2D eigenvalue weighted by Gasteiger charge is 2.08. The molecule has 2 rings (SSSR count). The van der Waals surface area contributed by atoms with Crippen molar-refractivity contribution in [2.24, 2.45) is 0 Å². The van der Waals surface area contributed by atoms with E-state index in [0.717, 1.165) is 24.3 Å². The average Bonchev–Trinajstić information content (AvgIpc) is 2.60. The summed E-state index contributed by atoms with van der Waals surface area (Å²) >= 11 is 0. The van der Waals surface area contributed by atoms with Crippen LogP contribution in [0.15, 0.2) is 54.6 Å². The van der Waals surface area contributed by atoms with E-state index in [4.69, 9.17) is 4.74 Å². The average molecular weight is 326 g/mol. The van der Waals surface area contributed by atoms with E-state index in [9.17, 15) is 4.79 Å². The molecule has 0 spiro atoms. The highest BCUT2D eigenvalue weighted by molar-refractivity contribution is 5.77. The third-order valence-electron chi connectivity index (χ3n) is 3.73. The van der Waals surface area contributed by atoms with Crippen LogP contribution in [0.3, 0.4) is 0 Å². The van der Waals surface area contributed by atoms with Crippen LogP contribution < -0.4 is 15.4 Å². The lowest BCUT2D eigenvalue weighted by Gasteiger charge is -2.14. The first kappa shape index (κ1) is 18.0. The third-order valence-corrected chi connectivity index (χ3v) is 3.73. The standard InChI is InChI=1S/C20H26N2O2/c1-3-21-16(2)14-22-20(23)15-24-19-12-8-7-11-18(19)13-17-9-5-4-6-10-17/h4-12,16,21H,3,13-15H2,1-2H3,(H,22,23)/t16-/m1/s1. The minimum absolute atomic E-state index is 0.0324. The molecule has 0 saturated carbocycles. The molecule has 4 nitrogen and oxygen atoms in total. The number of hydrogen-bond donors (Lipinski definition) is 2. The number of carbonyl (C=O) groups is 1. The number of para-hydroxylation sites is 1. The Morgan fingerprint density at radius 3 is 2.54 bits per heavy atom. The Morgan fingerprint density at radius 1 is 1.08 bits per heavy atom. The first-order chi connectivity index (χ1) is 11.7. The van der Waals surface area contributed by atoms with Gasteiger partial charge in [0.05, 0.1) is 0 Å². The zero-order chi connectivity index (χ0) is 17.2. The molecule has 0 unspecified atom stereocenters. The fourth-order valence-corrected chi connectivity index (χ4v) is 2.49. The van der Waals surface area contributed by atoms with Gasteiger partial charge in [-0.3, -0.25) is 4.79 Å². The predicted molar refractivity (Wildman–Crippen MR) is 97.3 cm³/mol. The molecule has 0 aliphatic heterocycles. The van der Waals surface area contributed by atoms with Crippen molar-refractivity contribution in [2.45, 2.75) is 26.3 Å². The van der Waals surface area contributed by atoms with Crippen LogP contribution in [0.5, 0.6) is 5.75 Å². The smallest absolute Gasteiger partial charge is 0.257 e. The number of rotatable bonds is 9. The zero-order valence-corrected chi connectivity index (χ0v) is 14.4. The van der Waals surface area contributed by atoms with E-state index >= 15 is 0 Å². The van der Waals surface area contributed by atoms with Gasteiger partial charge in [-0.25, -0.2) is 0 Å². The number of nitrogens with one attached hydrogen (secondary N) is 2. The summed E-state index contributed by atoms with van der Waals surface area (Å²) in [7, 11) is 0. The summed E-state index contributed by atoms with van der Waals surface area (Å²) < 4.78 is 5.73. The van der Waals surface area contributed by atoms with Crippen LogP contribution in [0.1, 0.15) is 25.0 Å². The molecule has 2 N–H and O–H groups in total. The molecule has 2 aromatic carbocycles. The Balaban J connectivity index is 1.87. The maximum absolute atomic E-state index is 11.9. The maximum Gasteiger partial charge on any atom is 0.257 e. The van der Waals surface area contributed by atoms with E-state index < -0.39 is 0 Å². The lowest BCUT2D eigenvalue weighted by atomic mass is 10.0. The van der Waals surface area contributed by atoms with Crippen LogP contribution in [0.2, 0.25) is 0 Å². The third kappa shape index (κ3) is 6.05. The van der Waals surface area contributed by atoms with Crippen LogP contribution in [0.25, 0.3) is 0 Å². The van der Waals surface area contributed by atoms with Gasteiger partial charge < -0.3 is 15.4 Å². The van der Waals surface area contributed by atoms with Gasteiger partial charge in [0.15, 0.2) is 6.61 Å². The zero-order valence-electron chi connectivity index (χ0n) is 14.4. The lowest BCUT2D eigenvalue weighted by Crippen LogP contribution is -2.40. The van der Waals surface area contributed by atoms with E-state index in [2.05, 4.69) is 22.8 Å². The van der Waals surface area contributed by atoms with Crippen molar-refractivity contribution >= 4 is 5.91 Å². The molecule has 0 aliphatic rings. The van der Waals surface area contributed by atoms with Crippen molar-refractivity contribution in [1.29, 1.82) is 0 Å². The van der Waals surface area contributed by atoms with Gasteiger partial charge in [0.25, 0.3) is 5.91 Å². The van der Waals surface area contributed by atoms with E-state index in [0.29, 0.717) is 6.54 Å². The summed E-state index contributed by atoms with van der Waals surface area (Å²) in [5.74, 6) is 0.658. The Kier molecular flexibility index (Phi) is 7.30. The van der Waals surface area contributed by atoms with Crippen molar-refractivity contribution in [3.63, 3.8) is 0 Å². The van der Waals surface area contributed by atoms with E-state index in [1.165, 1.54) is 5.56 Å². The molecular formula is C20H26N2O2. The molecule has 0 fully saturated rings. The fourth-order valence-electron chi connectivity index (χ4n) is 2.49. The van der Waals surface area contributed by atoms with Gasteiger partial charge in [-0.15, -0.1) is 0 Å². The Labute approximate surface area is 144 Å². The van der Waals surface area contributed by atoms with Crippen molar-refractivity contribution < 1.29 is 9.53 Å².